The van der Waals surface area contributed by atoms with Gasteiger partial charge in [-0.15, -0.1) is 0 Å². The van der Waals surface area contributed by atoms with Crippen LogP contribution in [0, 0.1) is 5.41 Å². The van der Waals surface area contributed by atoms with Gasteiger partial charge in [0.15, 0.2) is 11.4 Å². The molecule has 194 valence electrons. The minimum Gasteiger partial charge on any atom is -0.488 e. The molecule has 0 bridgehead atoms. The molecule has 36 heavy (non-hydrogen) atoms. The van der Waals surface area contributed by atoms with Gasteiger partial charge in [-0.2, -0.15) is 0 Å². The number of hydrogen-bond donors (Lipinski definition) is 2. The summed E-state index contributed by atoms with van der Waals surface area (Å²) < 4.78 is 7.95. The Kier molecular flexibility index (Phi) is 8.40. The van der Waals surface area contributed by atoms with Crippen molar-refractivity contribution in [1.82, 2.24) is 19.8 Å². The molecule has 3 aromatic rings. The number of nitrogens with one attached hydrogen (secondary N) is 2. The van der Waals surface area contributed by atoms with E-state index in [9.17, 15) is 9.59 Å². The van der Waals surface area contributed by atoms with Crippen LogP contribution in [-0.2, 0) is 13.5 Å². The van der Waals surface area contributed by atoms with Gasteiger partial charge in [0.25, 0.3) is 11.8 Å². The van der Waals surface area contributed by atoms with E-state index < -0.39 is 0 Å². The molecule has 0 fully saturated rings. The molecule has 2 N–H and O–H groups in total. The van der Waals surface area contributed by atoms with Crippen LogP contribution < -0.4 is 15.4 Å². The zero-order valence-electron chi connectivity index (χ0n) is 22.7. The first kappa shape index (κ1) is 27.2. The molecule has 0 spiro atoms. The minimum atomic E-state index is -0.217. The van der Waals surface area contributed by atoms with E-state index in [1.54, 1.807) is 16.7 Å². The first-order valence-electron chi connectivity index (χ1n) is 12.4. The fourth-order valence-electron chi connectivity index (χ4n) is 4.44. The number of benzene rings is 1. The van der Waals surface area contributed by atoms with Gasteiger partial charge >= 0.3 is 0 Å². The molecule has 0 unspecified atom stereocenters. The summed E-state index contributed by atoms with van der Waals surface area (Å²) in [5, 5.41) is 6.78. The minimum absolute atomic E-state index is 0.106. The number of anilines is 1. The van der Waals surface area contributed by atoms with Crippen LogP contribution in [0.3, 0.4) is 0 Å². The van der Waals surface area contributed by atoms with Crippen LogP contribution in [0.4, 0.5) is 5.69 Å². The summed E-state index contributed by atoms with van der Waals surface area (Å²) in [7, 11) is 5.87. The predicted molar refractivity (Wildman–Crippen MR) is 145 cm³/mol. The fourth-order valence-corrected chi connectivity index (χ4v) is 4.44. The number of aromatic nitrogens is 2. The molecular formula is C28H39N5O3. The quantitative estimate of drug-likeness (QED) is 0.434. The van der Waals surface area contributed by atoms with Gasteiger partial charge in [0.2, 0.25) is 0 Å². The lowest BCUT2D eigenvalue weighted by Gasteiger charge is -2.28. The van der Waals surface area contributed by atoms with Crippen molar-refractivity contribution in [2.75, 3.05) is 32.5 Å². The Morgan fingerprint density at radius 1 is 1.14 bits per heavy atom. The number of rotatable bonds is 10. The van der Waals surface area contributed by atoms with Gasteiger partial charge in [-0.3, -0.25) is 9.59 Å². The van der Waals surface area contributed by atoms with Crippen LogP contribution in [0.5, 0.6) is 5.75 Å². The normalized spacial score (nSPS) is 11.8. The van der Waals surface area contributed by atoms with Gasteiger partial charge in [0.05, 0.1) is 22.9 Å². The third-order valence-corrected chi connectivity index (χ3v) is 5.85. The highest BCUT2D eigenvalue weighted by Crippen LogP contribution is 2.35. The molecule has 2 heterocycles. The van der Waals surface area contributed by atoms with Crippen molar-refractivity contribution in [2.24, 2.45) is 12.5 Å². The van der Waals surface area contributed by atoms with E-state index in [0.29, 0.717) is 46.7 Å². The fraction of sp³-hybridized carbons (Fsp3) is 0.464. The smallest absolute Gasteiger partial charge is 0.271 e. The van der Waals surface area contributed by atoms with Crippen molar-refractivity contribution in [3.63, 3.8) is 0 Å². The molecule has 8 heteroatoms. The van der Waals surface area contributed by atoms with E-state index in [2.05, 4.69) is 29.4 Å². The molecule has 0 aliphatic heterocycles. The van der Waals surface area contributed by atoms with Crippen LogP contribution in [0.25, 0.3) is 11.0 Å². The van der Waals surface area contributed by atoms with Crippen molar-refractivity contribution < 1.29 is 14.3 Å². The molecule has 0 saturated heterocycles. The van der Waals surface area contributed by atoms with Gasteiger partial charge in [-0.05, 0) is 58.0 Å². The summed E-state index contributed by atoms with van der Waals surface area (Å²) in [4.78, 5) is 33.3. The second kappa shape index (κ2) is 11.1. The van der Waals surface area contributed by atoms with E-state index >= 15 is 0 Å². The summed E-state index contributed by atoms with van der Waals surface area (Å²) in [5.74, 6) is 0.0384. The summed E-state index contributed by atoms with van der Waals surface area (Å²) in [6.45, 7) is 11.4. The molecule has 0 aliphatic rings. The largest absolute Gasteiger partial charge is 0.488 e. The van der Waals surface area contributed by atoms with Gasteiger partial charge in [0.1, 0.15) is 5.65 Å². The van der Waals surface area contributed by atoms with Gasteiger partial charge < -0.3 is 24.8 Å². The predicted octanol–water partition coefficient (Wildman–Crippen LogP) is 4.49. The number of nitrogens with zero attached hydrogens (tertiary/aromatic N) is 3. The van der Waals surface area contributed by atoms with Gasteiger partial charge in [-0.25, -0.2) is 4.98 Å². The maximum absolute atomic E-state index is 13.4. The highest BCUT2D eigenvalue weighted by Gasteiger charge is 2.28. The van der Waals surface area contributed by atoms with Crippen LogP contribution in [0.1, 0.15) is 61.2 Å². The van der Waals surface area contributed by atoms with Gasteiger partial charge in [0, 0.05) is 25.7 Å². The van der Waals surface area contributed by atoms with Gasteiger partial charge in [-0.1, -0.05) is 39.0 Å². The summed E-state index contributed by atoms with van der Waals surface area (Å²) >= 11 is 0. The second-order valence-corrected chi connectivity index (χ2v) is 10.5. The number of aryl methyl sites for hydroxylation is 2. The number of carbonyl (C=O) groups is 2. The summed E-state index contributed by atoms with van der Waals surface area (Å²) in [5.41, 5.74) is 2.86. The molecular weight excluding hydrogens is 454 g/mol. The maximum atomic E-state index is 13.4. The van der Waals surface area contributed by atoms with E-state index in [0.717, 1.165) is 12.2 Å². The van der Waals surface area contributed by atoms with E-state index in [1.807, 2.05) is 66.2 Å². The number of pyridine rings is 1. The summed E-state index contributed by atoms with van der Waals surface area (Å²) in [6.07, 6.45) is 0.465. The number of carbonyl (C=O) groups excluding carboxylic acids is 2. The van der Waals surface area contributed by atoms with Crippen molar-refractivity contribution in [1.29, 1.82) is 0 Å². The Labute approximate surface area is 214 Å². The number of hydrogen-bond acceptors (Lipinski definition) is 5. The first-order chi connectivity index (χ1) is 16.9. The topological polar surface area (TPSA) is 88.5 Å². The first-order valence-corrected chi connectivity index (χ1v) is 12.4. The zero-order valence-corrected chi connectivity index (χ0v) is 22.7. The van der Waals surface area contributed by atoms with E-state index in [1.165, 1.54) is 0 Å². The van der Waals surface area contributed by atoms with Crippen LogP contribution in [0.2, 0.25) is 0 Å². The average Bonchev–Trinajstić information content (AvgIpc) is 3.06. The lowest BCUT2D eigenvalue weighted by atomic mass is 9.93. The van der Waals surface area contributed by atoms with Crippen LogP contribution >= 0.6 is 0 Å². The lowest BCUT2D eigenvalue weighted by molar-refractivity contribution is 0.0914. The Hall–Kier alpha value is -3.39. The average molecular weight is 494 g/mol. The number of fused-ring (bicyclic) bond motifs is 1. The third-order valence-electron chi connectivity index (χ3n) is 5.85. The van der Waals surface area contributed by atoms with Crippen LogP contribution in [0.15, 0.2) is 36.4 Å². The SMILES string of the molecule is CCc1nc2c(cc1NC(=O)c1ccccc1)c(OC(C)C)c(C(=O)NCC(C)(C)CN(C)C)n2C. The number of amides is 2. The molecule has 2 amide bonds. The Balaban J connectivity index is 2.04. The molecule has 8 nitrogen and oxygen atoms in total. The van der Waals surface area contributed by atoms with Crippen molar-refractivity contribution in [3.8, 4) is 5.75 Å². The highest BCUT2D eigenvalue weighted by molar-refractivity contribution is 6.07. The Bertz CT molecular complexity index is 1230. The third kappa shape index (κ3) is 6.23. The molecule has 0 atom stereocenters. The van der Waals surface area contributed by atoms with Crippen LogP contribution in [-0.4, -0.2) is 59.6 Å². The van der Waals surface area contributed by atoms with E-state index in [-0.39, 0.29) is 23.3 Å². The van der Waals surface area contributed by atoms with Crippen molar-refractivity contribution in [3.05, 3.63) is 53.3 Å². The standard InChI is InChI=1S/C28H39N5O3/c1-9-21-22(31-26(34)19-13-11-10-12-14-19)15-20-24(36-18(2)3)23(33(8)25(20)30-21)27(35)29-16-28(4,5)17-32(6)7/h10-15,18H,9,16-17H2,1-8H3,(H,29,35)(H,31,34). The summed E-state index contributed by atoms with van der Waals surface area (Å²) in [6, 6.07) is 10.9. The maximum Gasteiger partial charge on any atom is 0.271 e. The Morgan fingerprint density at radius 2 is 1.81 bits per heavy atom. The molecule has 0 aliphatic carbocycles. The molecule has 0 saturated carbocycles. The zero-order chi connectivity index (χ0) is 26.6. The monoisotopic (exact) mass is 493 g/mol. The molecule has 2 aromatic heterocycles. The molecule has 3 rings (SSSR count). The lowest BCUT2D eigenvalue weighted by Crippen LogP contribution is -2.40. The Morgan fingerprint density at radius 3 is 2.39 bits per heavy atom. The highest BCUT2D eigenvalue weighted by atomic mass is 16.5. The molecule has 1 aromatic carbocycles. The second-order valence-electron chi connectivity index (χ2n) is 10.5. The molecule has 0 radical (unpaired) electrons. The van der Waals surface area contributed by atoms with E-state index in [4.69, 9.17) is 9.72 Å². The van der Waals surface area contributed by atoms with Crippen molar-refractivity contribution in [2.45, 2.75) is 47.1 Å². The van der Waals surface area contributed by atoms with Crippen molar-refractivity contribution >= 4 is 28.5 Å². The number of ether oxygens (including phenoxy) is 1.